The Labute approximate surface area is 289 Å². The van der Waals surface area contributed by atoms with Gasteiger partial charge in [0.25, 0.3) is 0 Å². The molecule has 0 unspecified atom stereocenters. The van der Waals surface area contributed by atoms with Crippen molar-refractivity contribution in [2.24, 2.45) is 0 Å². The fourth-order valence-corrected chi connectivity index (χ4v) is 6.45. The Bertz CT molecular complexity index is 2340. The predicted octanol–water partition coefficient (Wildman–Crippen LogP) is 9.76. The Morgan fingerprint density at radius 3 is 1.29 bits per heavy atom. The van der Waals surface area contributed by atoms with Gasteiger partial charge in [-0.15, -0.1) is 22.1 Å². The van der Waals surface area contributed by atoms with Crippen molar-refractivity contribution < 1.29 is 16.5 Å². The molecular formula is C42H29N5Ni. The van der Waals surface area contributed by atoms with Gasteiger partial charge in [-0.05, 0) is 76.1 Å². The number of hydrogen-bond donors (Lipinski definition) is 0. The molecule has 0 saturated carbocycles. The molecule has 0 aliphatic carbocycles. The van der Waals surface area contributed by atoms with Crippen molar-refractivity contribution in [2.75, 3.05) is 0 Å². The van der Waals surface area contributed by atoms with Crippen molar-refractivity contribution in [1.82, 2.24) is 19.9 Å². The van der Waals surface area contributed by atoms with Crippen LogP contribution < -0.4 is 9.97 Å². The average Bonchev–Trinajstić information content (AvgIpc) is 3.95. The van der Waals surface area contributed by atoms with E-state index in [1.165, 1.54) is 0 Å². The second-order valence-electron chi connectivity index (χ2n) is 11.6. The third kappa shape index (κ3) is 5.81. The predicted molar refractivity (Wildman–Crippen MR) is 192 cm³/mol. The maximum atomic E-state index is 9.34. The quantitative estimate of drug-likeness (QED) is 0.131. The van der Waals surface area contributed by atoms with E-state index in [4.69, 9.17) is 19.9 Å². The second-order valence-corrected chi connectivity index (χ2v) is 11.6. The molecule has 0 N–H and O–H groups in total. The molecule has 3 aromatic carbocycles. The van der Waals surface area contributed by atoms with E-state index in [2.05, 4.69) is 91.0 Å². The first kappa shape index (κ1) is 30.9. The molecule has 5 nitrogen and oxygen atoms in total. The number of aryl methyl sites for hydroxylation is 1. The Morgan fingerprint density at radius 2 is 0.854 bits per heavy atom. The van der Waals surface area contributed by atoms with Gasteiger partial charge in [-0.1, -0.05) is 115 Å². The normalized spacial score (nSPS) is 11.6. The van der Waals surface area contributed by atoms with E-state index in [-0.39, 0.29) is 16.5 Å². The van der Waals surface area contributed by atoms with Crippen LogP contribution in [0.25, 0.3) is 79.8 Å². The summed E-state index contributed by atoms with van der Waals surface area (Å²) in [4.78, 5) is 21.0. The monoisotopic (exact) mass is 661 g/mol. The molecule has 2 aliphatic rings. The number of aromatic nitrogens is 4. The average molecular weight is 662 g/mol. The Morgan fingerprint density at radius 1 is 0.479 bits per heavy atom. The Balaban J connectivity index is 0.00000364. The number of rotatable bonds is 6. The van der Waals surface area contributed by atoms with Gasteiger partial charge in [0.2, 0.25) is 0 Å². The zero-order chi connectivity index (χ0) is 31.6. The summed E-state index contributed by atoms with van der Waals surface area (Å²) < 4.78 is 0. The van der Waals surface area contributed by atoms with E-state index in [9.17, 15) is 5.26 Å². The molecule has 5 heterocycles. The van der Waals surface area contributed by atoms with Crippen molar-refractivity contribution in [3.05, 3.63) is 144 Å². The van der Waals surface area contributed by atoms with Gasteiger partial charge < -0.3 is 9.97 Å². The van der Waals surface area contributed by atoms with Crippen molar-refractivity contribution >= 4 is 46.4 Å². The number of fused-ring (bicyclic) bond motifs is 8. The molecule has 0 radical (unpaired) electrons. The van der Waals surface area contributed by atoms with Crippen molar-refractivity contribution in [2.45, 2.75) is 19.3 Å². The van der Waals surface area contributed by atoms with Crippen molar-refractivity contribution in [3.63, 3.8) is 0 Å². The van der Waals surface area contributed by atoms with Gasteiger partial charge in [0.05, 0.1) is 28.8 Å². The molecule has 2 aliphatic heterocycles. The standard InChI is InChI=1S/C42H29N5.Ni/c43-27-11-10-18-31-32-19-21-34(44-32)40(28-12-4-1-5-13-28)36-23-25-38(46-36)42(30-16-8-3-9-17-30)39-26-24-37(47-39)41(29-14-6-2-7-15-29)35-22-20-33(31)45-35;/h1-9,12-17,19-26H,10-11,18H2;/q-2;+2. The zero-order valence-electron chi connectivity index (χ0n) is 26.0. The summed E-state index contributed by atoms with van der Waals surface area (Å²) in [6, 6.07) is 41.6. The van der Waals surface area contributed by atoms with Crippen LogP contribution in [0.5, 0.6) is 0 Å². The summed E-state index contributed by atoms with van der Waals surface area (Å²) in [5, 5.41) is 9.34. The third-order valence-corrected chi connectivity index (χ3v) is 8.62. The van der Waals surface area contributed by atoms with Crippen LogP contribution in [0, 0.1) is 11.3 Å². The first-order valence-electron chi connectivity index (χ1n) is 15.8. The van der Waals surface area contributed by atoms with Crippen LogP contribution in [0.1, 0.15) is 41.2 Å². The second kappa shape index (κ2) is 13.5. The first-order valence-corrected chi connectivity index (χ1v) is 15.8. The topological polar surface area (TPSA) is 77.8 Å². The number of nitriles is 1. The molecular weight excluding hydrogens is 633 g/mol. The van der Waals surface area contributed by atoms with Crippen LogP contribution >= 0.6 is 0 Å². The van der Waals surface area contributed by atoms with E-state index in [0.717, 1.165) is 90.2 Å². The van der Waals surface area contributed by atoms with Crippen LogP contribution in [0.15, 0.2) is 115 Å². The van der Waals surface area contributed by atoms with E-state index in [1.807, 2.05) is 54.6 Å². The van der Waals surface area contributed by atoms with Crippen LogP contribution in [0.3, 0.4) is 0 Å². The van der Waals surface area contributed by atoms with Crippen molar-refractivity contribution in [3.8, 4) is 39.4 Å². The molecule has 0 saturated heterocycles. The molecule has 6 heteroatoms. The fourth-order valence-electron chi connectivity index (χ4n) is 6.45. The number of hydrogen-bond acceptors (Lipinski definition) is 3. The summed E-state index contributed by atoms with van der Waals surface area (Å²) in [5.41, 5.74) is 13.9. The third-order valence-electron chi connectivity index (χ3n) is 8.62. The van der Waals surface area contributed by atoms with Crippen LogP contribution in [-0.2, 0) is 22.9 Å². The number of nitrogens with zero attached hydrogens (tertiary/aromatic N) is 5. The van der Waals surface area contributed by atoms with Gasteiger partial charge in [-0.2, -0.15) is 5.26 Å². The molecule has 8 rings (SSSR count). The van der Waals surface area contributed by atoms with Gasteiger partial charge in [0.15, 0.2) is 0 Å². The molecule has 48 heavy (non-hydrogen) atoms. The first-order chi connectivity index (χ1) is 23.3. The smallest absolute Gasteiger partial charge is 0.657 e. The van der Waals surface area contributed by atoms with E-state index in [0.29, 0.717) is 12.8 Å². The van der Waals surface area contributed by atoms with E-state index >= 15 is 0 Å². The fraction of sp³-hybridized carbons (Fsp3) is 0.0714. The summed E-state index contributed by atoms with van der Waals surface area (Å²) in [5.74, 6) is 0. The van der Waals surface area contributed by atoms with E-state index < -0.39 is 0 Å². The molecule has 0 fully saturated rings. The largest absolute Gasteiger partial charge is 2.00 e. The summed E-state index contributed by atoms with van der Waals surface area (Å²) >= 11 is 0. The summed E-state index contributed by atoms with van der Waals surface area (Å²) in [7, 11) is 0. The summed E-state index contributed by atoms with van der Waals surface area (Å²) in [6.45, 7) is 0. The molecule has 0 amide bonds. The SMILES string of the molecule is N#CCCCc1c2nc(c(-c3ccccc3)c3ccc([n-]3)c(-c3ccccc3)c3nc(c(-c4ccccc4)c4ccc1[n-]4)C=C3)C=C2.[Ni+2]. The van der Waals surface area contributed by atoms with Crippen LogP contribution in [0.4, 0.5) is 0 Å². The van der Waals surface area contributed by atoms with Crippen molar-refractivity contribution in [1.29, 1.82) is 5.26 Å². The van der Waals surface area contributed by atoms with Gasteiger partial charge in [-0.25, -0.2) is 9.97 Å². The van der Waals surface area contributed by atoms with Gasteiger partial charge in [-0.3, -0.25) is 0 Å². The molecule has 6 aromatic rings. The maximum absolute atomic E-state index is 9.34. The molecule has 0 atom stereocenters. The zero-order valence-corrected chi connectivity index (χ0v) is 26.9. The van der Waals surface area contributed by atoms with Gasteiger partial charge in [0, 0.05) is 6.42 Å². The summed E-state index contributed by atoms with van der Waals surface area (Å²) in [6.07, 6.45) is 10.2. The van der Waals surface area contributed by atoms with E-state index in [1.54, 1.807) is 0 Å². The molecule has 8 bridgehead atoms. The molecule has 3 aromatic heterocycles. The number of benzene rings is 3. The Kier molecular flexibility index (Phi) is 8.71. The van der Waals surface area contributed by atoms with Gasteiger partial charge in [0.1, 0.15) is 0 Å². The minimum absolute atomic E-state index is 0. The molecule has 0 spiro atoms. The number of unbranched alkanes of at least 4 members (excludes halogenated alkanes) is 1. The van der Waals surface area contributed by atoms with Crippen LogP contribution in [0.2, 0.25) is 0 Å². The minimum atomic E-state index is 0. The Hall–Kier alpha value is -5.76. The van der Waals surface area contributed by atoms with Gasteiger partial charge >= 0.3 is 16.5 Å². The van der Waals surface area contributed by atoms with Crippen LogP contribution in [-0.4, -0.2) is 9.97 Å². The maximum Gasteiger partial charge on any atom is 2.00 e. The molecule has 232 valence electrons. The minimum Gasteiger partial charge on any atom is -0.657 e.